The van der Waals surface area contributed by atoms with E-state index in [9.17, 15) is 9.18 Å². The minimum atomic E-state index is -0.398. The van der Waals surface area contributed by atoms with Gasteiger partial charge in [0.1, 0.15) is 5.82 Å². The van der Waals surface area contributed by atoms with Gasteiger partial charge in [0.15, 0.2) is 0 Å². The fraction of sp³-hybridized carbons (Fsp3) is 0.462. The highest BCUT2D eigenvalue weighted by atomic mass is 79.9. The molecular weight excluding hydrogens is 299 g/mol. The van der Waals surface area contributed by atoms with Gasteiger partial charge < -0.3 is 10.2 Å². The molecule has 1 N–H and O–H groups in total. The zero-order chi connectivity index (χ0) is 13.1. The summed E-state index contributed by atoms with van der Waals surface area (Å²) in [5, 5.41) is 3.09. The molecule has 1 unspecified atom stereocenters. The van der Waals surface area contributed by atoms with Crippen molar-refractivity contribution in [2.75, 3.05) is 20.1 Å². The Bertz CT molecular complexity index is 453. The van der Waals surface area contributed by atoms with Gasteiger partial charge in [-0.2, -0.15) is 0 Å². The second kappa shape index (κ2) is 5.80. The summed E-state index contributed by atoms with van der Waals surface area (Å²) < 4.78 is 13.8. The van der Waals surface area contributed by atoms with Crippen LogP contribution in [0, 0.1) is 5.82 Å². The first kappa shape index (κ1) is 13.5. The van der Waals surface area contributed by atoms with Crippen LogP contribution in [0.25, 0.3) is 0 Å². The average Bonchev–Trinajstić information content (AvgIpc) is 2.80. The number of amides is 1. The van der Waals surface area contributed by atoms with E-state index in [0.717, 1.165) is 25.9 Å². The highest BCUT2D eigenvalue weighted by Crippen LogP contribution is 2.22. The highest BCUT2D eigenvalue weighted by molar-refractivity contribution is 9.10. The molecule has 1 fully saturated rings. The number of likely N-dealkylation sites (tertiary alicyclic amines) is 1. The molecule has 1 heterocycles. The van der Waals surface area contributed by atoms with E-state index >= 15 is 0 Å². The van der Waals surface area contributed by atoms with Gasteiger partial charge in [-0.15, -0.1) is 0 Å². The van der Waals surface area contributed by atoms with Crippen LogP contribution in [-0.2, 0) is 0 Å². The Balaban J connectivity index is 2.17. The number of carbonyl (C=O) groups is 1. The van der Waals surface area contributed by atoms with Crippen LogP contribution in [0.1, 0.15) is 23.2 Å². The molecule has 0 saturated carbocycles. The number of halogens is 2. The predicted molar refractivity (Wildman–Crippen MR) is 72.1 cm³/mol. The molecule has 3 nitrogen and oxygen atoms in total. The van der Waals surface area contributed by atoms with Crippen LogP contribution in [-0.4, -0.2) is 37.0 Å². The van der Waals surface area contributed by atoms with Crippen molar-refractivity contribution in [1.82, 2.24) is 10.2 Å². The van der Waals surface area contributed by atoms with E-state index in [1.54, 1.807) is 12.1 Å². The molecule has 1 atom stereocenters. The second-order valence-electron chi connectivity index (χ2n) is 4.48. The molecule has 1 amide bonds. The molecule has 5 heteroatoms. The SMILES string of the molecule is CNCC1CCCN1C(=O)c1ccc(Br)c(F)c1. The number of nitrogens with zero attached hydrogens (tertiary/aromatic N) is 1. The van der Waals surface area contributed by atoms with Crippen molar-refractivity contribution in [2.45, 2.75) is 18.9 Å². The summed E-state index contributed by atoms with van der Waals surface area (Å²) in [5.74, 6) is -0.482. The van der Waals surface area contributed by atoms with E-state index in [4.69, 9.17) is 0 Å². The molecule has 1 saturated heterocycles. The van der Waals surface area contributed by atoms with Gasteiger partial charge in [-0.25, -0.2) is 4.39 Å². The third-order valence-electron chi connectivity index (χ3n) is 3.24. The zero-order valence-corrected chi connectivity index (χ0v) is 11.8. The predicted octanol–water partition coefficient (Wildman–Crippen LogP) is 2.41. The maximum Gasteiger partial charge on any atom is 0.254 e. The number of likely N-dealkylation sites (N-methyl/N-ethyl adjacent to an activating group) is 1. The van der Waals surface area contributed by atoms with Gasteiger partial charge in [-0.3, -0.25) is 4.79 Å². The van der Waals surface area contributed by atoms with E-state index < -0.39 is 5.82 Å². The third kappa shape index (κ3) is 2.72. The lowest BCUT2D eigenvalue weighted by atomic mass is 10.1. The molecule has 0 radical (unpaired) electrons. The average molecular weight is 315 g/mol. The van der Waals surface area contributed by atoms with E-state index in [2.05, 4.69) is 21.2 Å². The van der Waals surface area contributed by atoms with Gasteiger partial charge >= 0.3 is 0 Å². The first-order valence-electron chi connectivity index (χ1n) is 6.04. The minimum Gasteiger partial charge on any atom is -0.334 e. The summed E-state index contributed by atoms with van der Waals surface area (Å²) in [6.07, 6.45) is 2.02. The third-order valence-corrected chi connectivity index (χ3v) is 3.89. The van der Waals surface area contributed by atoms with Gasteiger partial charge in [0, 0.05) is 24.7 Å². The van der Waals surface area contributed by atoms with E-state index in [0.29, 0.717) is 10.0 Å². The first-order valence-corrected chi connectivity index (χ1v) is 6.83. The summed E-state index contributed by atoms with van der Waals surface area (Å²) in [5.41, 5.74) is 0.415. The molecule has 0 spiro atoms. The summed E-state index contributed by atoms with van der Waals surface area (Å²) in [6, 6.07) is 4.74. The van der Waals surface area contributed by atoms with E-state index in [1.165, 1.54) is 6.07 Å². The monoisotopic (exact) mass is 314 g/mol. The van der Waals surface area contributed by atoms with Gasteiger partial charge in [-0.1, -0.05) is 0 Å². The summed E-state index contributed by atoms with van der Waals surface area (Å²) in [4.78, 5) is 14.1. The molecule has 0 aliphatic carbocycles. The van der Waals surface area contributed by atoms with Crippen LogP contribution in [0.3, 0.4) is 0 Å². The maximum atomic E-state index is 13.4. The lowest BCUT2D eigenvalue weighted by molar-refractivity contribution is 0.0736. The molecule has 0 aromatic heterocycles. The standard InChI is InChI=1S/C13H16BrFN2O/c1-16-8-10-3-2-6-17(10)13(18)9-4-5-11(14)12(15)7-9/h4-5,7,10,16H,2-3,6,8H2,1H3. The molecular formula is C13H16BrFN2O. The normalized spacial score (nSPS) is 19.3. The molecule has 0 bridgehead atoms. The van der Waals surface area contributed by atoms with Crippen LogP contribution in [0.4, 0.5) is 4.39 Å². The van der Waals surface area contributed by atoms with E-state index in [-0.39, 0.29) is 11.9 Å². The quantitative estimate of drug-likeness (QED) is 0.929. The second-order valence-corrected chi connectivity index (χ2v) is 5.34. The topological polar surface area (TPSA) is 32.3 Å². The fourth-order valence-corrected chi connectivity index (χ4v) is 2.59. The van der Waals surface area contributed by atoms with Crippen molar-refractivity contribution in [3.63, 3.8) is 0 Å². The van der Waals surface area contributed by atoms with Crippen LogP contribution in [0.5, 0.6) is 0 Å². The summed E-state index contributed by atoms with van der Waals surface area (Å²) >= 11 is 3.09. The number of hydrogen-bond acceptors (Lipinski definition) is 2. The Morgan fingerprint density at radius 2 is 2.39 bits per heavy atom. The number of nitrogens with one attached hydrogen (secondary N) is 1. The van der Waals surface area contributed by atoms with Crippen LogP contribution < -0.4 is 5.32 Å². The Kier molecular flexibility index (Phi) is 4.35. The van der Waals surface area contributed by atoms with Crippen LogP contribution in [0.15, 0.2) is 22.7 Å². The summed E-state index contributed by atoms with van der Waals surface area (Å²) in [7, 11) is 1.88. The Morgan fingerprint density at radius 1 is 1.61 bits per heavy atom. The first-order chi connectivity index (χ1) is 8.63. The molecule has 2 rings (SSSR count). The van der Waals surface area contributed by atoms with Crippen molar-refractivity contribution in [3.8, 4) is 0 Å². The molecule has 1 aromatic carbocycles. The van der Waals surface area contributed by atoms with Gasteiger partial charge in [0.25, 0.3) is 5.91 Å². The van der Waals surface area contributed by atoms with Crippen molar-refractivity contribution in [3.05, 3.63) is 34.1 Å². The number of benzene rings is 1. The molecule has 1 aliphatic heterocycles. The van der Waals surface area contributed by atoms with Crippen LogP contribution in [0.2, 0.25) is 0 Å². The smallest absolute Gasteiger partial charge is 0.254 e. The molecule has 1 aromatic rings. The molecule has 98 valence electrons. The lowest BCUT2D eigenvalue weighted by Crippen LogP contribution is -2.40. The van der Waals surface area contributed by atoms with Crippen LogP contribution >= 0.6 is 15.9 Å². The Labute approximate surface area is 114 Å². The Morgan fingerprint density at radius 3 is 3.06 bits per heavy atom. The molecule has 18 heavy (non-hydrogen) atoms. The summed E-state index contributed by atoms with van der Waals surface area (Å²) in [6.45, 7) is 1.54. The fourth-order valence-electron chi connectivity index (χ4n) is 2.35. The van der Waals surface area contributed by atoms with Crippen molar-refractivity contribution < 1.29 is 9.18 Å². The van der Waals surface area contributed by atoms with Crippen molar-refractivity contribution >= 4 is 21.8 Å². The van der Waals surface area contributed by atoms with Gasteiger partial charge in [0.2, 0.25) is 0 Å². The van der Waals surface area contributed by atoms with Crippen molar-refractivity contribution in [1.29, 1.82) is 0 Å². The van der Waals surface area contributed by atoms with Gasteiger partial charge in [-0.05, 0) is 54.0 Å². The minimum absolute atomic E-state index is 0.0841. The van der Waals surface area contributed by atoms with Crippen molar-refractivity contribution in [2.24, 2.45) is 0 Å². The highest BCUT2D eigenvalue weighted by Gasteiger charge is 2.28. The lowest BCUT2D eigenvalue weighted by Gasteiger charge is -2.24. The number of carbonyl (C=O) groups excluding carboxylic acids is 1. The number of rotatable bonds is 3. The largest absolute Gasteiger partial charge is 0.334 e. The maximum absolute atomic E-state index is 13.4. The van der Waals surface area contributed by atoms with Gasteiger partial charge in [0.05, 0.1) is 4.47 Å². The van der Waals surface area contributed by atoms with E-state index in [1.807, 2.05) is 11.9 Å². The molecule has 1 aliphatic rings. The Hall–Kier alpha value is -0.940. The zero-order valence-electron chi connectivity index (χ0n) is 10.2. The number of hydrogen-bond donors (Lipinski definition) is 1.